The molecule has 0 spiro atoms. The van der Waals surface area contributed by atoms with Gasteiger partial charge in [0, 0.05) is 13.5 Å². The fourth-order valence-corrected chi connectivity index (χ4v) is 2.58. The molecule has 0 amide bonds. The normalized spacial score (nSPS) is 22.6. The second-order valence-corrected chi connectivity index (χ2v) is 4.57. The van der Waals surface area contributed by atoms with Crippen LogP contribution in [0.4, 0.5) is 0 Å². The number of nitrogens with zero attached hydrogens (tertiary/aromatic N) is 4. The lowest BCUT2D eigenvalue weighted by Crippen LogP contribution is -2.21. The fraction of sp³-hybridized carbons (Fsp3) is 0.750. The molecule has 0 unspecified atom stereocenters. The van der Waals surface area contributed by atoms with Crippen LogP contribution in [-0.4, -0.2) is 31.2 Å². The number of rotatable bonds is 2. The van der Waals surface area contributed by atoms with Gasteiger partial charge in [0.2, 0.25) is 5.16 Å². The highest BCUT2D eigenvalue weighted by Gasteiger charge is 2.24. The first-order valence-corrected chi connectivity index (χ1v) is 5.57. The minimum absolute atomic E-state index is 0.0634. The van der Waals surface area contributed by atoms with E-state index in [2.05, 4.69) is 15.5 Å². The number of Topliss-reactive ketones (excluding diaryl/α,β-unsaturated/α-hetero) is 1. The summed E-state index contributed by atoms with van der Waals surface area (Å²) in [6.07, 6.45) is 3.83. The summed E-state index contributed by atoms with van der Waals surface area (Å²) in [7, 11) is 1.79. The number of tetrazole rings is 1. The number of aromatic nitrogens is 4. The Kier molecular flexibility index (Phi) is 2.81. The van der Waals surface area contributed by atoms with E-state index in [4.69, 9.17) is 0 Å². The summed E-state index contributed by atoms with van der Waals surface area (Å²) in [5.41, 5.74) is 0. The van der Waals surface area contributed by atoms with Gasteiger partial charge in [-0.05, 0) is 23.3 Å². The minimum Gasteiger partial charge on any atom is -0.298 e. The van der Waals surface area contributed by atoms with E-state index in [1.165, 1.54) is 11.8 Å². The lowest BCUT2D eigenvalue weighted by atomic mass is 9.99. The Bertz CT molecular complexity index is 338. The van der Waals surface area contributed by atoms with Gasteiger partial charge in [0.1, 0.15) is 5.78 Å². The Morgan fingerprint density at radius 1 is 1.50 bits per heavy atom. The quantitative estimate of drug-likeness (QED) is 0.726. The molecule has 1 aliphatic carbocycles. The molecule has 1 aliphatic rings. The molecule has 1 fully saturated rings. The van der Waals surface area contributed by atoms with E-state index in [1.54, 1.807) is 11.7 Å². The van der Waals surface area contributed by atoms with Crippen molar-refractivity contribution < 1.29 is 4.79 Å². The third kappa shape index (κ3) is 1.95. The predicted molar refractivity (Wildman–Crippen MR) is 51.9 cm³/mol. The van der Waals surface area contributed by atoms with E-state index < -0.39 is 0 Å². The van der Waals surface area contributed by atoms with Gasteiger partial charge in [-0.3, -0.25) is 4.79 Å². The van der Waals surface area contributed by atoms with Crippen molar-refractivity contribution in [3.05, 3.63) is 0 Å². The van der Waals surface area contributed by atoms with Crippen LogP contribution in [0.1, 0.15) is 25.7 Å². The molecule has 14 heavy (non-hydrogen) atoms. The molecule has 76 valence electrons. The Morgan fingerprint density at radius 2 is 2.36 bits per heavy atom. The van der Waals surface area contributed by atoms with Crippen LogP contribution in [-0.2, 0) is 11.8 Å². The van der Waals surface area contributed by atoms with Crippen molar-refractivity contribution in [1.29, 1.82) is 0 Å². The smallest absolute Gasteiger partial charge is 0.209 e. The first kappa shape index (κ1) is 9.64. The maximum atomic E-state index is 11.5. The van der Waals surface area contributed by atoms with E-state index in [1.807, 2.05) is 0 Å². The highest BCUT2D eigenvalue weighted by molar-refractivity contribution is 8.00. The van der Waals surface area contributed by atoms with Crippen LogP contribution in [0.2, 0.25) is 0 Å². The molecule has 0 aromatic carbocycles. The zero-order chi connectivity index (χ0) is 9.97. The number of thioether (sulfide) groups is 1. The second-order valence-electron chi connectivity index (χ2n) is 3.40. The number of carbonyl (C=O) groups is 1. The van der Waals surface area contributed by atoms with E-state index in [9.17, 15) is 4.79 Å². The molecule has 1 heterocycles. The van der Waals surface area contributed by atoms with Crippen LogP contribution in [0.25, 0.3) is 0 Å². The number of hydrogen-bond acceptors (Lipinski definition) is 5. The third-order valence-electron chi connectivity index (χ3n) is 2.33. The van der Waals surface area contributed by atoms with Crippen molar-refractivity contribution in [1.82, 2.24) is 20.2 Å². The summed E-state index contributed by atoms with van der Waals surface area (Å²) in [4.78, 5) is 11.5. The molecule has 0 radical (unpaired) electrons. The van der Waals surface area contributed by atoms with Crippen LogP contribution in [0, 0.1) is 0 Å². The van der Waals surface area contributed by atoms with Crippen molar-refractivity contribution in [2.24, 2.45) is 7.05 Å². The Morgan fingerprint density at radius 3 is 3.00 bits per heavy atom. The standard InChI is InChI=1S/C8H12N4OS/c1-12-8(9-10-11-12)14-7-5-3-2-4-6(7)13/h7H,2-5H2,1H3/t7-/m1/s1. The molecule has 1 aromatic rings. The zero-order valence-electron chi connectivity index (χ0n) is 8.01. The highest BCUT2D eigenvalue weighted by Crippen LogP contribution is 2.29. The molecule has 1 aromatic heterocycles. The van der Waals surface area contributed by atoms with Gasteiger partial charge in [-0.15, -0.1) is 5.10 Å². The molecule has 0 N–H and O–H groups in total. The third-order valence-corrected chi connectivity index (χ3v) is 3.67. The summed E-state index contributed by atoms with van der Waals surface area (Å²) >= 11 is 1.48. The molecule has 2 rings (SSSR count). The van der Waals surface area contributed by atoms with Gasteiger partial charge in [0.15, 0.2) is 0 Å². The lowest BCUT2D eigenvalue weighted by molar-refractivity contribution is -0.119. The highest BCUT2D eigenvalue weighted by atomic mass is 32.2. The van der Waals surface area contributed by atoms with Crippen LogP contribution >= 0.6 is 11.8 Å². The van der Waals surface area contributed by atoms with Crippen LogP contribution in [0.3, 0.4) is 0 Å². The van der Waals surface area contributed by atoms with Crippen LogP contribution < -0.4 is 0 Å². The van der Waals surface area contributed by atoms with Gasteiger partial charge in [-0.1, -0.05) is 18.2 Å². The van der Waals surface area contributed by atoms with E-state index in [-0.39, 0.29) is 5.25 Å². The summed E-state index contributed by atoms with van der Waals surface area (Å²) in [6.45, 7) is 0. The van der Waals surface area contributed by atoms with E-state index >= 15 is 0 Å². The van der Waals surface area contributed by atoms with E-state index in [0.29, 0.717) is 12.2 Å². The molecule has 6 heteroatoms. The van der Waals surface area contributed by atoms with Crippen molar-refractivity contribution in [2.45, 2.75) is 36.1 Å². The summed E-state index contributed by atoms with van der Waals surface area (Å²) < 4.78 is 1.60. The average Bonchev–Trinajstić information content (AvgIpc) is 2.56. The SMILES string of the molecule is Cn1nnnc1S[C@@H]1CCCCC1=O. The maximum Gasteiger partial charge on any atom is 0.209 e. The first-order chi connectivity index (χ1) is 6.77. The Hall–Kier alpha value is -0.910. The molecule has 1 saturated carbocycles. The van der Waals surface area contributed by atoms with Gasteiger partial charge < -0.3 is 0 Å². The maximum absolute atomic E-state index is 11.5. The van der Waals surface area contributed by atoms with Crippen LogP contribution in [0.15, 0.2) is 5.16 Å². The average molecular weight is 212 g/mol. The monoisotopic (exact) mass is 212 g/mol. The minimum atomic E-state index is 0.0634. The fourth-order valence-electron chi connectivity index (χ4n) is 1.52. The van der Waals surface area contributed by atoms with Crippen molar-refractivity contribution in [2.75, 3.05) is 0 Å². The van der Waals surface area contributed by atoms with Gasteiger partial charge >= 0.3 is 0 Å². The Balaban J connectivity index is 2.03. The summed E-state index contributed by atoms with van der Waals surface area (Å²) in [6, 6.07) is 0. The predicted octanol–water partition coefficient (Wildman–Crippen LogP) is 0.814. The number of hydrogen-bond donors (Lipinski definition) is 0. The van der Waals surface area contributed by atoms with Gasteiger partial charge in [0.25, 0.3) is 0 Å². The number of aryl methyl sites for hydroxylation is 1. The van der Waals surface area contributed by atoms with E-state index in [0.717, 1.165) is 24.4 Å². The molecule has 1 atom stereocenters. The molecular weight excluding hydrogens is 200 g/mol. The van der Waals surface area contributed by atoms with Crippen molar-refractivity contribution in [3.63, 3.8) is 0 Å². The van der Waals surface area contributed by atoms with Crippen molar-refractivity contribution >= 4 is 17.5 Å². The van der Waals surface area contributed by atoms with Crippen LogP contribution in [0.5, 0.6) is 0 Å². The molecule has 0 aliphatic heterocycles. The Labute approximate surface area is 86.2 Å². The summed E-state index contributed by atoms with van der Waals surface area (Å²) in [5, 5.41) is 11.9. The molecular formula is C8H12N4OS. The summed E-state index contributed by atoms with van der Waals surface area (Å²) in [5.74, 6) is 0.337. The number of ketones is 1. The van der Waals surface area contributed by atoms with Gasteiger partial charge in [-0.25, -0.2) is 4.68 Å². The van der Waals surface area contributed by atoms with Gasteiger partial charge in [0.05, 0.1) is 5.25 Å². The topological polar surface area (TPSA) is 60.7 Å². The molecule has 5 nitrogen and oxygen atoms in total. The molecule has 0 bridgehead atoms. The first-order valence-electron chi connectivity index (χ1n) is 4.69. The molecule has 0 saturated heterocycles. The zero-order valence-corrected chi connectivity index (χ0v) is 8.83. The number of carbonyl (C=O) groups excluding carboxylic acids is 1. The van der Waals surface area contributed by atoms with Gasteiger partial charge in [-0.2, -0.15) is 0 Å². The second kappa shape index (κ2) is 4.08. The largest absolute Gasteiger partial charge is 0.298 e. The lowest BCUT2D eigenvalue weighted by Gasteiger charge is -2.18. The van der Waals surface area contributed by atoms with Crippen molar-refractivity contribution in [3.8, 4) is 0 Å².